The topological polar surface area (TPSA) is 40.6 Å². The van der Waals surface area contributed by atoms with Crippen LogP contribution in [-0.2, 0) is 0 Å². The predicted octanol–water partition coefficient (Wildman–Crippen LogP) is 4.44. The van der Waals surface area contributed by atoms with Crippen molar-refractivity contribution in [3.63, 3.8) is 0 Å². The Kier molecular flexibility index (Phi) is 4.42. The average Bonchev–Trinajstić information content (AvgIpc) is 2.78. The van der Waals surface area contributed by atoms with E-state index in [-0.39, 0.29) is 11.6 Å². The molecule has 0 unspecified atom stereocenters. The minimum atomic E-state index is -0.0117. The summed E-state index contributed by atoms with van der Waals surface area (Å²) in [5, 5.41) is 0. The molecule has 0 amide bonds. The Bertz CT molecular complexity index is 938. The summed E-state index contributed by atoms with van der Waals surface area (Å²) in [6, 6.07) is 11.4. The normalized spacial score (nSPS) is 19.4. The Morgan fingerprint density at radius 2 is 1.18 bits per heavy atom. The molecule has 2 aliphatic heterocycles. The minimum absolute atomic E-state index is 0.00373. The van der Waals surface area contributed by atoms with Gasteiger partial charge >= 0.3 is 0 Å². The fourth-order valence-electron chi connectivity index (χ4n) is 4.91. The summed E-state index contributed by atoms with van der Waals surface area (Å²) in [5.41, 5.74) is 4.35. The summed E-state index contributed by atoms with van der Waals surface area (Å²) in [5.74, 6) is -0.0155. The van der Waals surface area contributed by atoms with Crippen LogP contribution in [-0.4, -0.2) is 37.7 Å². The Balaban J connectivity index is 1.68. The average molecular weight is 374 g/mol. The third-order valence-corrected chi connectivity index (χ3v) is 6.41. The van der Waals surface area contributed by atoms with Gasteiger partial charge in [-0.1, -0.05) is 24.3 Å². The number of nitrogens with zero attached hydrogens (tertiary/aromatic N) is 2. The molecular weight excluding hydrogens is 348 g/mol. The Labute approximate surface area is 166 Å². The second-order valence-electron chi connectivity index (χ2n) is 8.19. The van der Waals surface area contributed by atoms with Gasteiger partial charge in [-0.25, -0.2) is 0 Å². The van der Waals surface area contributed by atoms with E-state index in [9.17, 15) is 9.59 Å². The van der Waals surface area contributed by atoms with Crippen molar-refractivity contribution in [2.45, 2.75) is 38.5 Å². The summed E-state index contributed by atoms with van der Waals surface area (Å²) in [6.07, 6.45) is 7.16. The van der Waals surface area contributed by atoms with Gasteiger partial charge in [0.25, 0.3) is 0 Å². The van der Waals surface area contributed by atoms with Crippen LogP contribution in [0.2, 0.25) is 0 Å². The van der Waals surface area contributed by atoms with E-state index in [0.717, 1.165) is 50.4 Å². The molecule has 28 heavy (non-hydrogen) atoms. The zero-order chi connectivity index (χ0) is 19.1. The molecule has 3 aliphatic rings. The molecule has 0 saturated carbocycles. The highest BCUT2D eigenvalue weighted by molar-refractivity contribution is 6.30. The van der Waals surface area contributed by atoms with Gasteiger partial charge in [-0.15, -0.1) is 0 Å². The van der Waals surface area contributed by atoms with Crippen molar-refractivity contribution in [1.82, 2.24) is 0 Å². The van der Waals surface area contributed by atoms with E-state index in [1.54, 1.807) is 12.1 Å². The monoisotopic (exact) mass is 374 g/mol. The molecule has 2 aromatic rings. The lowest BCUT2D eigenvalue weighted by atomic mass is 9.82. The predicted molar refractivity (Wildman–Crippen MR) is 112 cm³/mol. The number of anilines is 2. The molecule has 1 aliphatic carbocycles. The number of carbonyl (C=O) groups is 2. The van der Waals surface area contributed by atoms with Gasteiger partial charge < -0.3 is 9.80 Å². The molecule has 0 N–H and O–H groups in total. The molecular formula is C24H26N2O2. The van der Waals surface area contributed by atoms with E-state index in [1.165, 1.54) is 25.7 Å². The molecule has 0 atom stereocenters. The second-order valence-corrected chi connectivity index (χ2v) is 8.19. The molecule has 2 heterocycles. The van der Waals surface area contributed by atoms with Gasteiger partial charge in [0.1, 0.15) is 0 Å². The van der Waals surface area contributed by atoms with Gasteiger partial charge in [-0.3, -0.25) is 9.59 Å². The fraction of sp³-hybridized carbons (Fsp3) is 0.417. The van der Waals surface area contributed by atoms with Crippen molar-refractivity contribution >= 4 is 22.9 Å². The Hall–Kier alpha value is -2.62. The molecule has 0 aromatic heterocycles. The standard InChI is InChI=1S/C24H26N2O2/c27-23-18-9-3-4-10-19(18)24(28)22-20(23)15-17(25-11-5-1-6-12-25)16-21(22)26-13-7-2-8-14-26/h3-4,9-10,15-16H,1-2,5-8,11-14H2. The quantitative estimate of drug-likeness (QED) is 0.665. The van der Waals surface area contributed by atoms with Crippen LogP contribution in [0.3, 0.4) is 0 Å². The Morgan fingerprint density at radius 3 is 1.82 bits per heavy atom. The van der Waals surface area contributed by atoms with Crippen molar-refractivity contribution in [3.8, 4) is 0 Å². The first kappa shape index (κ1) is 17.5. The van der Waals surface area contributed by atoms with E-state index in [1.807, 2.05) is 18.2 Å². The zero-order valence-electron chi connectivity index (χ0n) is 16.2. The molecule has 4 heteroatoms. The van der Waals surface area contributed by atoms with E-state index in [2.05, 4.69) is 15.9 Å². The molecule has 2 saturated heterocycles. The second kappa shape index (κ2) is 7.08. The minimum Gasteiger partial charge on any atom is -0.371 e. The van der Waals surface area contributed by atoms with Crippen LogP contribution in [0.25, 0.3) is 0 Å². The highest BCUT2D eigenvalue weighted by atomic mass is 16.1. The summed E-state index contributed by atoms with van der Waals surface area (Å²) >= 11 is 0. The molecule has 5 rings (SSSR count). The lowest BCUT2D eigenvalue weighted by Gasteiger charge is -2.35. The van der Waals surface area contributed by atoms with Gasteiger partial charge in [0, 0.05) is 48.6 Å². The molecule has 2 fully saturated rings. The molecule has 0 spiro atoms. The van der Waals surface area contributed by atoms with Crippen LogP contribution in [0.15, 0.2) is 36.4 Å². The van der Waals surface area contributed by atoms with Gasteiger partial charge in [0.05, 0.1) is 11.3 Å². The molecule has 4 nitrogen and oxygen atoms in total. The maximum atomic E-state index is 13.4. The third-order valence-electron chi connectivity index (χ3n) is 6.41. The van der Waals surface area contributed by atoms with Crippen molar-refractivity contribution < 1.29 is 9.59 Å². The molecule has 0 radical (unpaired) electrons. The number of hydrogen-bond acceptors (Lipinski definition) is 4. The van der Waals surface area contributed by atoms with Crippen LogP contribution in [0.5, 0.6) is 0 Å². The number of ketones is 2. The van der Waals surface area contributed by atoms with Crippen LogP contribution in [0.4, 0.5) is 11.4 Å². The largest absolute Gasteiger partial charge is 0.371 e. The summed E-state index contributed by atoms with van der Waals surface area (Å²) in [4.78, 5) is 31.5. The lowest BCUT2D eigenvalue weighted by molar-refractivity contribution is 0.0979. The molecule has 0 bridgehead atoms. The molecule has 144 valence electrons. The van der Waals surface area contributed by atoms with Gasteiger partial charge in [-0.2, -0.15) is 0 Å². The Morgan fingerprint density at radius 1 is 0.607 bits per heavy atom. The van der Waals surface area contributed by atoms with E-state index >= 15 is 0 Å². The molecule has 2 aromatic carbocycles. The van der Waals surface area contributed by atoms with Gasteiger partial charge in [-0.05, 0) is 50.7 Å². The van der Waals surface area contributed by atoms with E-state index < -0.39 is 0 Å². The maximum Gasteiger partial charge on any atom is 0.196 e. The summed E-state index contributed by atoms with van der Waals surface area (Å²) < 4.78 is 0. The van der Waals surface area contributed by atoms with Crippen molar-refractivity contribution in [3.05, 3.63) is 58.7 Å². The van der Waals surface area contributed by atoms with E-state index in [0.29, 0.717) is 22.3 Å². The lowest BCUT2D eigenvalue weighted by Crippen LogP contribution is -2.34. The van der Waals surface area contributed by atoms with Crippen molar-refractivity contribution in [1.29, 1.82) is 0 Å². The van der Waals surface area contributed by atoms with Crippen LogP contribution < -0.4 is 9.80 Å². The van der Waals surface area contributed by atoms with E-state index in [4.69, 9.17) is 0 Å². The zero-order valence-corrected chi connectivity index (χ0v) is 16.2. The highest BCUT2D eigenvalue weighted by Gasteiger charge is 2.34. The smallest absolute Gasteiger partial charge is 0.196 e. The van der Waals surface area contributed by atoms with Crippen LogP contribution in [0.1, 0.15) is 70.4 Å². The van der Waals surface area contributed by atoms with Crippen molar-refractivity contribution in [2.75, 3.05) is 36.0 Å². The highest BCUT2D eigenvalue weighted by Crippen LogP contribution is 2.38. The van der Waals surface area contributed by atoms with Crippen molar-refractivity contribution in [2.24, 2.45) is 0 Å². The number of hydrogen-bond donors (Lipinski definition) is 0. The first-order valence-electron chi connectivity index (χ1n) is 10.6. The van der Waals surface area contributed by atoms with Crippen LogP contribution in [0, 0.1) is 0 Å². The van der Waals surface area contributed by atoms with Gasteiger partial charge in [0.2, 0.25) is 0 Å². The first-order valence-corrected chi connectivity index (χ1v) is 10.6. The SMILES string of the molecule is O=C1c2ccccc2C(=O)c2c1cc(N1CCCCC1)cc2N1CCCCC1. The van der Waals surface area contributed by atoms with Gasteiger partial charge in [0.15, 0.2) is 11.6 Å². The number of benzene rings is 2. The third kappa shape index (κ3) is 2.83. The fourth-order valence-corrected chi connectivity index (χ4v) is 4.91. The number of carbonyl (C=O) groups excluding carboxylic acids is 2. The van der Waals surface area contributed by atoms with Crippen LogP contribution >= 0.6 is 0 Å². The number of rotatable bonds is 2. The summed E-state index contributed by atoms with van der Waals surface area (Å²) in [7, 11) is 0. The summed E-state index contributed by atoms with van der Waals surface area (Å²) in [6.45, 7) is 3.96. The first-order chi connectivity index (χ1) is 13.7. The number of piperidine rings is 2. The number of fused-ring (bicyclic) bond motifs is 2. The maximum absolute atomic E-state index is 13.4.